The molecule has 0 aromatic heterocycles. The largest absolute Gasteiger partial charge is 0.455 e. The smallest absolute Gasteiger partial charge is 0.255 e. The topological polar surface area (TPSA) is 67.4 Å². The minimum atomic E-state index is -0.271. The highest BCUT2D eigenvalue weighted by atomic mass is 32.2. The normalized spacial score (nSPS) is 12.7. The molecule has 6 heteroatoms. The molecule has 4 rings (SSSR count). The van der Waals surface area contributed by atoms with Crippen molar-refractivity contribution in [3.05, 3.63) is 77.9 Å². The summed E-state index contributed by atoms with van der Waals surface area (Å²) in [5, 5.41) is 5.70. The molecule has 0 aliphatic carbocycles. The van der Waals surface area contributed by atoms with E-state index in [-0.39, 0.29) is 11.8 Å². The number of anilines is 2. The van der Waals surface area contributed by atoms with Gasteiger partial charge >= 0.3 is 0 Å². The van der Waals surface area contributed by atoms with E-state index in [1.807, 2.05) is 49.4 Å². The molecule has 3 aromatic rings. The van der Waals surface area contributed by atoms with Crippen molar-refractivity contribution in [1.29, 1.82) is 0 Å². The molecule has 0 bridgehead atoms. The number of aryl methyl sites for hydroxylation is 1. The Morgan fingerprint density at radius 3 is 2.68 bits per heavy atom. The molecule has 5 nitrogen and oxygen atoms in total. The van der Waals surface area contributed by atoms with Crippen LogP contribution in [0.1, 0.15) is 15.9 Å². The van der Waals surface area contributed by atoms with Crippen LogP contribution >= 0.6 is 11.8 Å². The highest BCUT2D eigenvalue weighted by Gasteiger charge is 2.18. The summed E-state index contributed by atoms with van der Waals surface area (Å²) >= 11 is 1.46. The number of rotatable bonds is 4. The zero-order valence-electron chi connectivity index (χ0n) is 15.2. The van der Waals surface area contributed by atoms with Crippen LogP contribution in [0.15, 0.2) is 71.6 Å². The van der Waals surface area contributed by atoms with Gasteiger partial charge in [-0.3, -0.25) is 9.59 Å². The third-order valence-corrected chi connectivity index (χ3v) is 5.33. The minimum Gasteiger partial charge on any atom is -0.455 e. The zero-order valence-corrected chi connectivity index (χ0v) is 16.0. The van der Waals surface area contributed by atoms with Gasteiger partial charge in [-0.2, -0.15) is 0 Å². The predicted octanol–water partition coefficient (Wildman–Crippen LogP) is 5.08. The summed E-state index contributed by atoms with van der Waals surface area (Å²) in [6.07, 6.45) is 0. The Labute approximate surface area is 167 Å². The highest BCUT2D eigenvalue weighted by molar-refractivity contribution is 8.00. The number of thioether (sulfide) groups is 1. The van der Waals surface area contributed by atoms with E-state index in [1.165, 1.54) is 11.8 Å². The summed E-state index contributed by atoms with van der Waals surface area (Å²) < 4.78 is 5.93. The maximum Gasteiger partial charge on any atom is 0.255 e. The van der Waals surface area contributed by atoms with E-state index in [0.29, 0.717) is 34.2 Å². The fraction of sp³-hybridized carbons (Fsp3) is 0.0909. The Kier molecular flexibility index (Phi) is 5.04. The maximum atomic E-state index is 12.7. The molecule has 0 radical (unpaired) electrons. The average molecular weight is 390 g/mol. The van der Waals surface area contributed by atoms with Crippen LogP contribution in [-0.4, -0.2) is 17.6 Å². The van der Waals surface area contributed by atoms with E-state index in [4.69, 9.17) is 4.74 Å². The van der Waals surface area contributed by atoms with Crippen molar-refractivity contribution in [3.8, 4) is 11.5 Å². The van der Waals surface area contributed by atoms with E-state index in [2.05, 4.69) is 10.6 Å². The van der Waals surface area contributed by atoms with E-state index in [9.17, 15) is 9.59 Å². The van der Waals surface area contributed by atoms with E-state index >= 15 is 0 Å². The number of carbonyl (C=O) groups is 2. The van der Waals surface area contributed by atoms with Crippen LogP contribution in [0.2, 0.25) is 0 Å². The van der Waals surface area contributed by atoms with Crippen LogP contribution in [0.25, 0.3) is 0 Å². The molecule has 1 aliphatic heterocycles. The van der Waals surface area contributed by atoms with Crippen molar-refractivity contribution in [2.24, 2.45) is 0 Å². The van der Waals surface area contributed by atoms with Gasteiger partial charge in [-0.25, -0.2) is 0 Å². The number of para-hydroxylation sites is 2. The summed E-state index contributed by atoms with van der Waals surface area (Å²) in [6.45, 7) is 2.01. The third-order valence-electron chi connectivity index (χ3n) is 4.26. The number of fused-ring (bicyclic) bond motifs is 1. The molecule has 2 N–H and O–H groups in total. The van der Waals surface area contributed by atoms with Gasteiger partial charge in [-0.15, -0.1) is 11.8 Å². The van der Waals surface area contributed by atoms with E-state index in [0.717, 1.165) is 10.5 Å². The molecule has 0 saturated heterocycles. The van der Waals surface area contributed by atoms with Gasteiger partial charge in [0, 0.05) is 10.5 Å². The van der Waals surface area contributed by atoms with Gasteiger partial charge in [0.2, 0.25) is 5.91 Å². The standard InChI is InChI=1S/C22H18N2O3S/c1-14-6-9-16(10-7-14)27-19-5-3-2-4-17(19)24-22(26)15-8-11-20-18(12-15)23-21(25)13-28-20/h2-12H,13H2,1H3,(H,23,25)(H,24,26). The van der Waals surface area contributed by atoms with Gasteiger partial charge in [0.25, 0.3) is 5.91 Å². The highest BCUT2D eigenvalue weighted by Crippen LogP contribution is 2.33. The monoisotopic (exact) mass is 390 g/mol. The Bertz CT molecular complexity index is 1050. The molecule has 1 heterocycles. The SMILES string of the molecule is Cc1ccc(Oc2ccccc2NC(=O)c2ccc3c(c2)NC(=O)CS3)cc1. The van der Waals surface area contributed by atoms with Crippen LogP contribution in [-0.2, 0) is 4.79 Å². The van der Waals surface area contributed by atoms with Crippen LogP contribution < -0.4 is 15.4 Å². The van der Waals surface area contributed by atoms with Crippen LogP contribution in [0, 0.1) is 6.92 Å². The average Bonchev–Trinajstić information content (AvgIpc) is 2.70. The number of benzene rings is 3. The molecule has 3 aromatic carbocycles. The quantitative estimate of drug-likeness (QED) is 0.652. The van der Waals surface area contributed by atoms with E-state index < -0.39 is 0 Å². The van der Waals surface area contributed by atoms with Gasteiger partial charge < -0.3 is 15.4 Å². The molecule has 0 saturated carbocycles. The third kappa shape index (κ3) is 4.02. The summed E-state index contributed by atoms with van der Waals surface area (Å²) in [7, 11) is 0. The molecule has 28 heavy (non-hydrogen) atoms. The lowest BCUT2D eigenvalue weighted by Crippen LogP contribution is -2.20. The molecule has 1 aliphatic rings. The Morgan fingerprint density at radius 2 is 1.86 bits per heavy atom. The fourth-order valence-electron chi connectivity index (χ4n) is 2.81. The molecule has 140 valence electrons. The first kappa shape index (κ1) is 18.1. The Hall–Kier alpha value is -3.25. The first-order valence-corrected chi connectivity index (χ1v) is 9.79. The van der Waals surface area contributed by atoms with Gasteiger partial charge in [0.05, 0.1) is 17.1 Å². The zero-order chi connectivity index (χ0) is 19.5. The van der Waals surface area contributed by atoms with Gasteiger partial charge in [0.1, 0.15) is 5.75 Å². The Balaban J connectivity index is 1.54. The van der Waals surface area contributed by atoms with Gasteiger partial charge in [0.15, 0.2) is 5.75 Å². The summed E-state index contributed by atoms with van der Waals surface area (Å²) in [6, 6.07) is 20.3. The summed E-state index contributed by atoms with van der Waals surface area (Å²) in [5.74, 6) is 1.31. The Morgan fingerprint density at radius 1 is 1.07 bits per heavy atom. The number of amides is 2. The lowest BCUT2D eigenvalue weighted by Gasteiger charge is -2.17. The molecule has 0 unspecified atom stereocenters. The maximum absolute atomic E-state index is 12.7. The molecule has 0 fully saturated rings. The minimum absolute atomic E-state index is 0.0631. The molecular formula is C22H18N2O3S. The lowest BCUT2D eigenvalue weighted by molar-refractivity contribution is -0.113. The van der Waals surface area contributed by atoms with Gasteiger partial charge in [-0.1, -0.05) is 29.8 Å². The number of hydrogen-bond donors (Lipinski definition) is 2. The van der Waals surface area contributed by atoms with Crippen molar-refractivity contribution in [1.82, 2.24) is 0 Å². The predicted molar refractivity (Wildman–Crippen MR) is 111 cm³/mol. The first-order chi connectivity index (χ1) is 13.6. The second kappa shape index (κ2) is 7.78. The molecule has 2 amide bonds. The van der Waals surface area contributed by atoms with Crippen molar-refractivity contribution < 1.29 is 14.3 Å². The van der Waals surface area contributed by atoms with Crippen LogP contribution in [0.4, 0.5) is 11.4 Å². The summed E-state index contributed by atoms with van der Waals surface area (Å²) in [4.78, 5) is 25.3. The molecule has 0 atom stereocenters. The second-order valence-corrected chi connectivity index (χ2v) is 7.43. The van der Waals surface area contributed by atoms with Crippen LogP contribution in [0.5, 0.6) is 11.5 Å². The number of nitrogens with one attached hydrogen (secondary N) is 2. The van der Waals surface area contributed by atoms with Crippen molar-refractivity contribution in [3.63, 3.8) is 0 Å². The van der Waals surface area contributed by atoms with Crippen molar-refractivity contribution >= 4 is 35.0 Å². The number of hydrogen-bond acceptors (Lipinski definition) is 4. The van der Waals surface area contributed by atoms with Gasteiger partial charge in [-0.05, 0) is 49.4 Å². The first-order valence-electron chi connectivity index (χ1n) is 8.80. The van der Waals surface area contributed by atoms with Crippen molar-refractivity contribution in [2.45, 2.75) is 11.8 Å². The number of ether oxygens (including phenoxy) is 1. The van der Waals surface area contributed by atoms with E-state index in [1.54, 1.807) is 24.3 Å². The fourth-order valence-corrected chi connectivity index (χ4v) is 3.60. The van der Waals surface area contributed by atoms with Crippen molar-refractivity contribution in [2.75, 3.05) is 16.4 Å². The summed E-state index contributed by atoms with van der Waals surface area (Å²) in [5.41, 5.74) is 2.85. The molecule has 0 spiro atoms. The molecular weight excluding hydrogens is 372 g/mol. The lowest BCUT2D eigenvalue weighted by atomic mass is 10.1. The van der Waals surface area contributed by atoms with Crippen LogP contribution in [0.3, 0.4) is 0 Å². The number of carbonyl (C=O) groups excluding carboxylic acids is 2. The second-order valence-electron chi connectivity index (χ2n) is 6.41.